The molecule has 4 N–H and O–H groups in total. The van der Waals surface area contributed by atoms with Gasteiger partial charge in [-0.1, -0.05) is 0 Å². The maximum Gasteiger partial charge on any atom is 0.243 e. The van der Waals surface area contributed by atoms with Gasteiger partial charge in [-0.3, -0.25) is 0 Å². The standard InChI is InChI=1S/C15H16N4O3S/c1-8-13(18-19-15(17-8)16-6-9(21)7-20)11-2-3-12-10(14(11)22)4-5-23-12/h2-5,9,20-22H,6-7H2,1H3,(H,16,17,19)/t9-/m0/s1. The van der Waals surface area contributed by atoms with Crippen LogP contribution in [0.5, 0.6) is 5.75 Å². The lowest BCUT2D eigenvalue weighted by atomic mass is 10.1. The van der Waals surface area contributed by atoms with Crippen molar-refractivity contribution in [3.8, 4) is 17.0 Å². The minimum absolute atomic E-state index is 0.128. The molecule has 0 unspecified atom stereocenters. The average molecular weight is 332 g/mol. The topological polar surface area (TPSA) is 111 Å². The third kappa shape index (κ3) is 3.09. The minimum atomic E-state index is -0.886. The Morgan fingerprint density at radius 1 is 1.26 bits per heavy atom. The predicted molar refractivity (Wildman–Crippen MR) is 88.6 cm³/mol. The highest BCUT2D eigenvalue weighted by atomic mass is 32.1. The Morgan fingerprint density at radius 2 is 2.09 bits per heavy atom. The van der Waals surface area contributed by atoms with E-state index in [0.29, 0.717) is 17.0 Å². The van der Waals surface area contributed by atoms with Gasteiger partial charge in [-0.25, -0.2) is 4.98 Å². The number of aromatic hydroxyl groups is 1. The average Bonchev–Trinajstić information content (AvgIpc) is 3.03. The fourth-order valence-corrected chi connectivity index (χ4v) is 3.01. The Kier molecular flexibility index (Phi) is 4.37. The van der Waals surface area contributed by atoms with Gasteiger partial charge in [0.05, 0.1) is 18.4 Å². The molecule has 0 saturated heterocycles. The number of aliphatic hydroxyl groups excluding tert-OH is 2. The molecule has 0 amide bonds. The predicted octanol–water partition coefficient (Wildman–Crippen LogP) is 1.53. The van der Waals surface area contributed by atoms with E-state index >= 15 is 0 Å². The number of nitrogens with zero attached hydrogens (tertiary/aromatic N) is 3. The van der Waals surface area contributed by atoms with Crippen LogP contribution in [0.2, 0.25) is 0 Å². The van der Waals surface area contributed by atoms with Crippen LogP contribution >= 0.6 is 11.3 Å². The summed E-state index contributed by atoms with van der Waals surface area (Å²) in [6.07, 6.45) is -0.886. The first-order chi connectivity index (χ1) is 11.1. The van der Waals surface area contributed by atoms with Crippen molar-refractivity contribution < 1.29 is 15.3 Å². The van der Waals surface area contributed by atoms with Gasteiger partial charge >= 0.3 is 0 Å². The molecule has 0 aliphatic rings. The maximum absolute atomic E-state index is 10.4. The van der Waals surface area contributed by atoms with Crippen molar-refractivity contribution >= 4 is 27.4 Å². The number of aryl methyl sites for hydroxylation is 1. The number of benzene rings is 1. The smallest absolute Gasteiger partial charge is 0.243 e. The molecule has 0 bridgehead atoms. The van der Waals surface area contributed by atoms with E-state index in [4.69, 9.17) is 5.11 Å². The number of rotatable bonds is 5. The van der Waals surface area contributed by atoms with E-state index < -0.39 is 6.10 Å². The third-order valence-electron chi connectivity index (χ3n) is 3.43. The lowest BCUT2D eigenvalue weighted by Gasteiger charge is -2.11. The van der Waals surface area contributed by atoms with Crippen molar-refractivity contribution in [2.75, 3.05) is 18.5 Å². The zero-order valence-corrected chi connectivity index (χ0v) is 13.2. The number of aromatic nitrogens is 3. The Hall–Kier alpha value is -2.29. The van der Waals surface area contributed by atoms with Crippen LogP contribution in [-0.2, 0) is 0 Å². The Morgan fingerprint density at radius 3 is 2.83 bits per heavy atom. The highest BCUT2D eigenvalue weighted by Gasteiger charge is 2.15. The zero-order valence-electron chi connectivity index (χ0n) is 12.4. The number of phenolic OH excluding ortho intramolecular Hbond substituents is 1. The molecule has 7 nitrogen and oxygen atoms in total. The van der Waals surface area contributed by atoms with Crippen molar-refractivity contribution in [3.63, 3.8) is 0 Å². The van der Waals surface area contributed by atoms with Crippen molar-refractivity contribution in [1.82, 2.24) is 15.2 Å². The van der Waals surface area contributed by atoms with E-state index in [1.807, 2.05) is 17.5 Å². The number of nitrogens with one attached hydrogen (secondary N) is 1. The van der Waals surface area contributed by atoms with Crippen LogP contribution in [-0.4, -0.2) is 49.8 Å². The summed E-state index contributed by atoms with van der Waals surface area (Å²) in [6, 6.07) is 5.59. The summed E-state index contributed by atoms with van der Waals surface area (Å²) in [5.41, 5.74) is 1.69. The normalized spacial score (nSPS) is 12.5. The zero-order chi connectivity index (χ0) is 16.4. The van der Waals surface area contributed by atoms with Crippen molar-refractivity contribution in [1.29, 1.82) is 0 Å². The van der Waals surface area contributed by atoms with E-state index in [0.717, 1.165) is 10.1 Å². The summed E-state index contributed by atoms with van der Waals surface area (Å²) in [4.78, 5) is 4.28. The molecule has 8 heteroatoms. The van der Waals surface area contributed by atoms with Gasteiger partial charge in [0, 0.05) is 22.2 Å². The Balaban J connectivity index is 1.91. The number of aliphatic hydroxyl groups is 2. The summed E-state index contributed by atoms with van der Waals surface area (Å²) < 4.78 is 1.00. The van der Waals surface area contributed by atoms with Crippen LogP contribution < -0.4 is 5.32 Å². The van der Waals surface area contributed by atoms with Gasteiger partial charge in [0.25, 0.3) is 0 Å². The summed E-state index contributed by atoms with van der Waals surface area (Å²) in [7, 11) is 0. The second kappa shape index (κ2) is 6.45. The molecule has 1 atom stereocenters. The van der Waals surface area contributed by atoms with Crippen molar-refractivity contribution in [2.24, 2.45) is 0 Å². The number of phenols is 1. The number of thiophene rings is 1. The summed E-state index contributed by atoms with van der Waals surface area (Å²) >= 11 is 1.56. The van der Waals surface area contributed by atoms with Crippen molar-refractivity contribution in [3.05, 3.63) is 29.3 Å². The van der Waals surface area contributed by atoms with Crippen LogP contribution in [0.3, 0.4) is 0 Å². The van der Waals surface area contributed by atoms with E-state index in [-0.39, 0.29) is 24.8 Å². The minimum Gasteiger partial charge on any atom is -0.507 e. The van der Waals surface area contributed by atoms with Gasteiger partial charge in [-0.05, 0) is 30.5 Å². The summed E-state index contributed by atoms with van der Waals surface area (Å²) in [6.45, 7) is 1.56. The van der Waals surface area contributed by atoms with E-state index in [9.17, 15) is 10.2 Å². The highest BCUT2D eigenvalue weighted by molar-refractivity contribution is 7.17. The monoisotopic (exact) mass is 332 g/mol. The first-order valence-corrected chi connectivity index (χ1v) is 7.91. The van der Waals surface area contributed by atoms with Gasteiger partial charge in [0.15, 0.2) is 0 Å². The summed E-state index contributed by atoms with van der Waals surface area (Å²) in [5.74, 6) is 0.425. The quantitative estimate of drug-likeness (QED) is 0.560. The Labute approximate surface area is 136 Å². The second-order valence-electron chi connectivity index (χ2n) is 5.08. The molecule has 0 radical (unpaired) electrons. The maximum atomic E-state index is 10.4. The number of hydrogen-bond donors (Lipinski definition) is 4. The van der Waals surface area contributed by atoms with E-state index in [1.165, 1.54) is 0 Å². The SMILES string of the molecule is Cc1nc(NC[C@H](O)CO)nnc1-c1ccc2sccc2c1O. The lowest BCUT2D eigenvalue weighted by Crippen LogP contribution is -2.24. The Bertz CT molecular complexity index is 837. The first-order valence-electron chi connectivity index (χ1n) is 7.04. The van der Waals surface area contributed by atoms with Crippen LogP contribution in [0.15, 0.2) is 23.6 Å². The van der Waals surface area contributed by atoms with Crippen LogP contribution in [0.25, 0.3) is 21.3 Å². The third-order valence-corrected chi connectivity index (χ3v) is 4.31. The molecule has 23 heavy (non-hydrogen) atoms. The molecule has 1 aromatic carbocycles. The molecule has 0 spiro atoms. The fraction of sp³-hybridized carbons (Fsp3) is 0.267. The molecule has 2 aromatic heterocycles. The van der Waals surface area contributed by atoms with E-state index in [1.54, 1.807) is 24.3 Å². The summed E-state index contributed by atoms with van der Waals surface area (Å²) in [5, 5.41) is 42.1. The fourth-order valence-electron chi connectivity index (χ4n) is 2.22. The highest BCUT2D eigenvalue weighted by Crippen LogP contribution is 2.37. The molecule has 2 heterocycles. The largest absolute Gasteiger partial charge is 0.507 e. The van der Waals surface area contributed by atoms with Gasteiger partial charge < -0.3 is 20.6 Å². The van der Waals surface area contributed by atoms with Crippen LogP contribution in [0.4, 0.5) is 5.95 Å². The lowest BCUT2D eigenvalue weighted by molar-refractivity contribution is 0.105. The molecular formula is C15H16N4O3S. The van der Waals surface area contributed by atoms with Gasteiger partial charge in [-0.2, -0.15) is 0 Å². The molecular weight excluding hydrogens is 316 g/mol. The van der Waals surface area contributed by atoms with Gasteiger partial charge in [0.2, 0.25) is 5.95 Å². The second-order valence-corrected chi connectivity index (χ2v) is 6.03. The van der Waals surface area contributed by atoms with E-state index in [2.05, 4.69) is 20.5 Å². The molecule has 3 rings (SSSR count). The van der Waals surface area contributed by atoms with Crippen molar-refractivity contribution in [2.45, 2.75) is 13.0 Å². The first kappa shape index (κ1) is 15.6. The van der Waals surface area contributed by atoms with Gasteiger partial charge in [-0.15, -0.1) is 21.5 Å². The number of anilines is 1. The van der Waals surface area contributed by atoms with Gasteiger partial charge in [0.1, 0.15) is 11.4 Å². The molecule has 0 fully saturated rings. The van der Waals surface area contributed by atoms with Crippen LogP contribution in [0, 0.1) is 6.92 Å². The molecule has 0 aliphatic heterocycles. The molecule has 0 saturated carbocycles. The number of hydrogen-bond acceptors (Lipinski definition) is 8. The number of fused-ring (bicyclic) bond motifs is 1. The van der Waals surface area contributed by atoms with Crippen LogP contribution in [0.1, 0.15) is 5.69 Å². The molecule has 3 aromatic rings. The molecule has 120 valence electrons. The molecule has 0 aliphatic carbocycles.